The van der Waals surface area contributed by atoms with E-state index in [1.165, 1.54) is 6.92 Å². The number of nitrogens with one attached hydrogen (secondary N) is 2. The van der Waals surface area contributed by atoms with Gasteiger partial charge in [-0.25, -0.2) is 0 Å². The van der Waals surface area contributed by atoms with Crippen LogP contribution in [0.5, 0.6) is 0 Å². The van der Waals surface area contributed by atoms with Gasteiger partial charge in [0, 0.05) is 18.3 Å². The van der Waals surface area contributed by atoms with Crippen molar-refractivity contribution in [3.63, 3.8) is 0 Å². The highest BCUT2D eigenvalue weighted by molar-refractivity contribution is 5.94. The van der Waals surface area contributed by atoms with Gasteiger partial charge in [0.2, 0.25) is 5.91 Å². The van der Waals surface area contributed by atoms with E-state index in [9.17, 15) is 14.4 Å². The second-order valence-electron chi connectivity index (χ2n) is 5.23. The van der Waals surface area contributed by atoms with Crippen LogP contribution in [0.1, 0.15) is 20.3 Å². The molecule has 0 spiro atoms. The molecule has 0 bridgehead atoms. The molecule has 0 aliphatic heterocycles. The van der Waals surface area contributed by atoms with Gasteiger partial charge in [0.15, 0.2) is 6.61 Å². The minimum Gasteiger partial charge on any atom is -0.455 e. The molecule has 0 heterocycles. The van der Waals surface area contributed by atoms with E-state index in [0.29, 0.717) is 17.3 Å². The molecule has 0 unspecified atom stereocenters. The van der Waals surface area contributed by atoms with Crippen molar-refractivity contribution in [3.8, 4) is 0 Å². The van der Waals surface area contributed by atoms with Gasteiger partial charge in [0.1, 0.15) is 0 Å². The van der Waals surface area contributed by atoms with Crippen molar-refractivity contribution in [1.29, 1.82) is 0 Å². The maximum Gasteiger partial charge on any atom is 0.309 e. The molecular weight excluding hydrogens is 272 g/mol. The molecule has 0 saturated heterocycles. The van der Waals surface area contributed by atoms with Crippen LogP contribution in [0, 0.1) is 11.8 Å². The van der Waals surface area contributed by atoms with Crippen molar-refractivity contribution < 1.29 is 19.1 Å². The Balaban J connectivity index is 1.76. The molecule has 6 nitrogen and oxygen atoms in total. The van der Waals surface area contributed by atoms with Crippen molar-refractivity contribution >= 4 is 29.2 Å². The topological polar surface area (TPSA) is 84.5 Å². The van der Waals surface area contributed by atoms with Gasteiger partial charge >= 0.3 is 5.97 Å². The first-order valence-electron chi connectivity index (χ1n) is 6.80. The zero-order valence-electron chi connectivity index (χ0n) is 12.0. The fourth-order valence-electron chi connectivity index (χ4n) is 1.93. The van der Waals surface area contributed by atoms with Gasteiger partial charge in [0.05, 0.1) is 5.92 Å². The molecule has 1 fully saturated rings. The van der Waals surface area contributed by atoms with Crippen LogP contribution in [0.3, 0.4) is 0 Å². The molecule has 1 aromatic carbocycles. The maximum absolute atomic E-state index is 11.6. The standard InChI is InChI=1S/C15H18N2O4/c1-9-7-13(9)15(20)21-8-14(19)17-12-5-3-11(4-6-12)16-10(2)18/h3-6,9,13H,7-8H2,1-2H3,(H,16,18)(H,17,19)/t9-,13-/m1/s1. The lowest BCUT2D eigenvalue weighted by Gasteiger charge is -2.07. The number of benzene rings is 1. The molecule has 0 radical (unpaired) electrons. The van der Waals surface area contributed by atoms with E-state index in [1.54, 1.807) is 24.3 Å². The summed E-state index contributed by atoms with van der Waals surface area (Å²) >= 11 is 0. The molecule has 1 aliphatic rings. The summed E-state index contributed by atoms with van der Waals surface area (Å²) < 4.78 is 4.94. The fraction of sp³-hybridized carbons (Fsp3) is 0.400. The predicted molar refractivity (Wildman–Crippen MR) is 77.6 cm³/mol. The number of esters is 1. The normalized spacial score (nSPS) is 19.5. The van der Waals surface area contributed by atoms with E-state index < -0.39 is 0 Å². The van der Waals surface area contributed by atoms with Crippen LogP contribution in [-0.2, 0) is 19.1 Å². The monoisotopic (exact) mass is 290 g/mol. The number of hydrogen-bond donors (Lipinski definition) is 2. The summed E-state index contributed by atoms with van der Waals surface area (Å²) in [5, 5.41) is 5.25. The first kappa shape index (κ1) is 15.0. The number of hydrogen-bond acceptors (Lipinski definition) is 4. The van der Waals surface area contributed by atoms with E-state index in [4.69, 9.17) is 4.74 Å². The summed E-state index contributed by atoms with van der Waals surface area (Å²) in [6.45, 7) is 3.11. The van der Waals surface area contributed by atoms with Gasteiger partial charge in [-0.3, -0.25) is 14.4 Å². The van der Waals surface area contributed by atoms with E-state index in [1.807, 2.05) is 6.92 Å². The molecular formula is C15H18N2O4. The van der Waals surface area contributed by atoms with Crippen molar-refractivity contribution in [1.82, 2.24) is 0 Å². The Bertz CT molecular complexity index is 553. The maximum atomic E-state index is 11.6. The van der Waals surface area contributed by atoms with Crippen LogP contribution < -0.4 is 10.6 Å². The second-order valence-corrected chi connectivity index (χ2v) is 5.23. The number of ether oxygens (including phenoxy) is 1. The van der Waals surface area contributed by atoms with Crippen LogP contribution >= 0.6 is 0 Å². The third-order valence-electron chi connectivity index (χ3n) is 3.25. The number of rotatable bonds is 5. The lowest BCUT2D eigenvalue weighted by Crippen LogP contribution is -2.21. The molecule has 21 heavy (non-hydrogen) atoms. The summed E-state index contributed by atoms with van der Waals surface area (Å²) in [5.74, 6) is -0.535. The van der Waals surface area contributed by atoms with Gasteiger partial charge in [-0.1, -0.05) is 6.92 Å². The zero-order valence-corrected chi connectivity index (χ0v) is 12.0. The molecule has 1 aliphatic carbocycles. The highest BCUT2D eigenvalue weighted by atomic mass is 16.5. The highest BCUT2D eigenvalue weighted by Crippen LogP contribution is 2.38. The Kier molecular flexibility index (Phi) is 4.57. The van der Waals surface area contributed by atoms with E-state index in [-0.39, 0.29) is 30.3 Å². The van der Waals surface area contributed by atoms with Crippen molar-refractivity contribution in [2.75, 3.05) is 17.2 Å². The Morgan fingerprint density at radius 2 is 1.67 bits per heavy atom. The summed E-state index contributed by atoms with van der Waals surface area (Å²) in [6, 6.07) is 6.67. The fourth-order valence-corrected chi connectivity index (χ4v) is 1.93. The third-order valence-corrected chi connectivity index (χ3v) is 3.25. The van der Waals surface area contributed by atoms with Gasteiger partial charge in [-0.2, -0.15) is 0 Å². The lowest BCUT2D eigenvalue weighted by molar-refractivity contribution is -0.148. The Labute approximate surface area is 122 Å². The molecule has 0 aromatic heterocycles. The smallest absolute Gasteiger partial charge is 0.309 e. The largest absolute Gasteiger partial charge is 0.455 e. The van der Waals surface area contributed by atoms with E-state index in [0.717, 1.165) is 6.42 Å². The molecule has 2 rings (SSSR count). The van der Waals surface area contributed by atoms with Crippen LogP contribution in [0.25, 0.3) is 0 Å². The number of amides is 2. The SMILES string of the molecule is CC(=O)Nc1ccc(NC(=O)COC(=O)[C@@H]2C[C@H]2C)cc1. The number of carbonyl (C=O) groups is 3. The van der Waals surface area contributed by atoms with E-state index >= 15 is 0 Å². The Morgan fingerprint density at radius 1 is 1.14 bits per heavy atom. The Hall–Kier alpha value is -2.37. The average molecular weight is 290 g/mol. The molecule has 2 amide bonds. The second kappa shape index (κ2) is 6.39. The van der Waals surface area contributed by atoms with Crippen LogP contribution in [0.15, 0.2) is 24.3 Å². The first-order chi connectivity index (χ1) is 9.95. The Morgan fingerprint density at radius 3 is 2.14 bits per heavy atom. The van der Waals surface area contributed by atoms with Crippen LogP contribution in [0.2, 0.25) is 0 Å². The van der Waals surface area contributed by atoms with Crippen molar-refractivity contribution in [2.24, 2.45) is 11.8 Å². The molecule has 2 N–H and O–H groups in total. The number of anilines is 2. The first-order valence-corrected chi connectivity index (χ1v) is 6.80. The minimum absolute atomic E-state index is 0.0465. The summed E-state index contributed by atoms with van der Waals surface area (Å²) in [7, 11) is 0. The summed E-state index contributed by atoms with van der Waals surface area (Å²) in [4.78, 5) is 34.0. The van der Waals surface area contributed by atoms with Crippen molar-refractivity contribution in [2.45, 2.75) is 20.3 Å². The number of carbonyl (C=O) groups excluding carboxylic acids is 3. The average Bonchev–Trinajstić information content (AvgIpc) is 3.15. The third kappa shape index (κ3) is 4.59. The molecule has 2 atom stereocenters. The molecule has 1 saturated carbocycles. The zero-order chi connectivity index (χ0) is 15.4. The summed E-state index contributed by atoms with van der Waals surface area (Å²) in [6.07, 6.45) is 0.838. The van der Waals surface area contributed by atoms with Crippen LogP contribution in [0.4, 0.5) is 11.4 Å². The van der Waals surface area contributed by atoms with E-state index in [2.05, 4.69) is 10.6 Å². The highest BCUT2D eigenvalue weighted by Gasteiger charge is 2.40. The van der Waals surface area contributed by atoms with Gasteiger partial charge in [0.25, 0.3) is 5.91 Å². The summed E-state index contributed by atoms with van der Waals surface area (Å²) in [5.41, 5.74) is 1.22. The van der Waals surface area contributed by atoms with Crippen LogP contribution in [-0.4, -0.2) is 24.4 Å². The molecule has 112 valence electrons. The van der Waals surface area contributed by atoms with Crippen molar-refractivity contribution in [3.05, 3.63) is 24.3 Å². The molecule has 1 aromatic rings. The quantitative estimate of drug-likeness (QED) is 0.810. The van der Waals surface area contributed by atoms with Gasteiger partial charge in [-0.05, 0) is 36.6 Å². The van der Waals surface area contributed by atoms with Gasteiger partial charge in [-0.15, -0.1) is 0 Å². The predicted octanol–water partition coefficient (Wildman–Crippen LogP) is 1.78. The molecule has 6 heteroatoms. The minimum atomic E-state index is -0.385. The van der Waals surface area contributed by atoms with Gasteiger partial charge < -0.3 is 15.4 Å². The lowest BCUT2D eigenvalue weighted by atomic mass is 10.2.